The third kappa shape index (κ3) is 4.02. The van der Waals surface area contributed by atoms with Crippen LogP contribution in [0.4, 0.5) is 5.82 Å². The molecule has 0 aliphatic heterocycles. The van der Waals surface area contributed by atoms with Crippen LogP contribution < -0.4 is 11.1 Å². The fourth-order valence-electron chi connectivity index (χ4n) is 1.47. The van der Waals surface area contributed by atoms with Gasteiger partial charge in [0.25, 0.3) is 5.91 Å². The van der Waals surface area contributed by atoms with Gasteiger partial charge in [0.05, 0.1) is 0 Å². The van der Waals surface area contributed by atoms with E-state index in [0.29, 0.717) is 17.9 Å². The maximum absolute atomic E-state index is 12.0. The van der Waals surface area contributed by atoms with Crippen LogP contribution in [-0.2, 0) is 6.42 Å². The molecular formula is C14H23N3O. The number of nitrogens with two attached hydrogens (primary N) is 1. The summed E-state index contributed by atoms with van der Waals surface area (Å²) in [5.41, 5.74) is 7.23. The predicted molar refractivity (Wildman–Crippen MR) is 74.4 cm³/mol. The van der Waals surface area contributed by atoms with Crippen molar-refractivity contribution in [2.24, 2.45) is 5.41 Å². The van der Waals surface area contributed by atoms with Crippen molar-refractivity contribution in [3.63, 3.8) is 0 Å². The van der Waals surface area contributed by atoms with E-state index in [1.54, 1.807) is 12.1 Å². The van der Waals surface area contributed by atoms with Crippen molar-refractivity contribution in [3.8, 4) is 0 Å². The van der Waals surface area contributed by atoms with Gasteiger partial charge in [0.2, 0.25) is 0 Å². The van der Waals surface area contributed by atoms with Crippen LogP contribution in [0.1, 0.15) is 50.2 Å². The number of carbonyl (C=O) groups is 1. The Morgan fingerprint density at radius 1 is 1.39 bits per heavy atom. The van der Waals surface area contributed by atoms with Gasteiger partial charge in [0.1, 0.15) is 5.82 Å². The predicted octanol–water partition coefficient (Wildman–Crippen LogP) is 2.39. The number of aromatic nitrogens is 1. The van der Waals surface area contributed by atoms with Crippen molar-refractivity contribution >= 4 is 11.7 Å². The van der Waals surface area contributed by atoms with E-state index in [0.717, 1.165) is 18.5 Å². The standard InChI is InChI=1S/C14H23N3O/c1-5-11-7-10(8-12(15)17-11)13(18)16-9-14(3,4)6-2/h7-8H,5-6,9H2,1-4H3,(H2,15,17)(H,16,18). The van der Waals surface area contributed by atoms with Gasteiger partial charge < -0.3 is 11.1 Å². The van der Waals surface area contributed by atoms with Crippen LogP contribution in [0.3, 0.4) is 0 Å². The number of amides is 1. The fourth-order valence-corrected chi connectivity index (χ4v) is 1.47. The van der Waals surface area contributed by atoms with Crippen LogP contribution in [0.5, 0.6) is 0 Å². The molecule has 0 fully saturated rings. The molecule has 0 unspecified atom stereocenters. The molecule has 0 radical (unpaired) electrons. The van der Waals surface area contributed by atoms with Gasteiger partial charge in [-0.25, -0.2) is 4.98 Å². The number of hydrogen-bond donors (Lipinski definition) is 2. The summed E-state index contributed by atoms with van der Waals surface area (Å²) in [6.45, 7) is 9.03. The Balaban J connectivity index is 2.75. The van der Waals surface area contributed by atoms with E-state index in [-0.39, 0.29) is 11.3 Å². The Kier molecular flexibility index (Phi) is 4.70. The van der Waals surface area contributed by atoms with Gasteiger partial charge >= 0.3 is 0 Å². The van der Waals surface area contributed by atoms with Crippen LogP contribution in [0, 0.1) is 5.41 Å². The Morgan fingerprint density at radius 3 is 2.61 bits per heavy atom. The van der Waals surface area contributed by atoms with Gasteiger partial charge in [-0.05, 0) is 30.4 Å². The van der Waals surface area contributed by atoms with Crippen molar-refractivity contribution < 1.29 is 4.79 Å². The van der Waals surface area contributed by atoms with E-state index in [1.165, 1.54) is 0 Å². The quantitative estimate of drug-likeness (QED) is 0.842. The molecule has 0 bridgehead atoms. The van der Waals surface area contributed by atoms with Crippen LogP contribution in [0.15, 0.2) is 12.1 Å². The molecule has 100 valence electrons. The average Bonchev–Trinajstić information content (AvgIpc) is 2.35. The van der Waals surface area contributed by atoms with E-state index >= 15 is 0 Å². The highest BCUT2D eigenvalue weighted by Crippen LogP contribution is 2.18. The topological polar surface area (TPSA) is 68.0 Å². The monoisotopic (exact) mass is 249 g/mol. The molecule has 0 atom stereocenters. The number of carbonyl (C=O) groups excluding carboxylic acids is 1. The van der Waals surface area contributed by atoms with Crippen LogP contribution in [0.25, 0.3) is 0 Å². The molecule has 4 heteroatoms. The second kappa shape index (κ2) is 5.85. The lowest BCUT2D eigenvalue weighted by Crippen LogP contribution is -2.33. The molecule has 0 aliphatic carbocycles. The summed E-state index contributed by atoms with van der Waals surface area (Å²) in [5.74, 6) is 0.314. The van der Waals surface area contributed by atoms with Gasteiger partial charge in [-0.3, -0.25) is 4.79 Å². The summed E-state index contributed by atoms with van der Waals surface area (Å²) in [6, 6.07) is 3.41. The largest absolute Gasteiger partial charge is 0.384 e. The first-order chi connectivity index (χ1) is 8.38. The number of nitrogens with zero attached hydrogens (tertiary/aromatic N) is 1. The molecular weight excluding hydrogens is 226 g/mol. The summed E-state index contributed by atoms with van der Waals surface area (Å²) >= 11 is 0. The van der Waals surface area contributed by atoms with E-state index in [9.17, 15) is 4.79 Å². The zero-order chi connectivity index (χ0) is 13.8. The Labute approximate surface area is 109 Å². The first kappa shape index (κ1) is 14.5. The maximum Gasteiger partial charge on any atom is 0.251 e. The van der Waals surface area contributed by atoms with Gasteiger partial charge in [0, 0.05) is 17.8 Å². The van der Waals surface area contributed by atoms with E-state index in [1.807, 2.05) is 6.92 Å². The SMILES string of the molecule is CCc1cc(C(=O)NCC(C)(C)CC)cc(N)n1. The van der Waals surface area contributed by atoms with Crippen molar-refractivity contribution in [1.29, 1.82) is 0 Å². The Bertz CT molecular complexity index is 427. The highest BCUT2D eigenvalue weighted by molar-refractivity contribution is 5.94. The van der Waals surface area contributed by atoms with Crippen molar-refractivity contribution in [3.05, 3.63) is 23.4 Å². The molecule has 4 nitrogen and oxygen atoms in total. The highest BCUT2D eigenvalue weighted by Gasteiger charge is 2.17. The minimum absolute atomic E-state index is 0.0830. The normalized spacial score (nSPS) is 11.3. The summed E-state index contributed by atoms with van der Waals surface area (Å²) < 4.78 is 0. The average molecular weight is 249 g/mol. The van der Waals surface area contributed by atoms with Gasteiger partial charge in [-0.1, -0.05) is 27.7 Å². The van der Waals surface area contributed by atoms with E-state index < -0.39 is 0 Å². The van der Waals surface area contributed by atoms with Crippen molar-refractivity contribution in [2.45, 2.75) is 40.5 Å². The summed E-state index contributed by atoms with van der Waals surface area (Å²) in [6.07, 6.45) is 1.79. The minimum atomic E-state index is -0.0830. The third-order valence-corrected chi connectivity index (χ3v) is 3.21. The molecule has 0 saturated heterocycles. The molecule has 1 rings (SSSR count). The first-order valence-corrected chi connectivity index (χ1v) is 6.42. The highest BCUT2D eigenvalue weighted by atomic mass is 16.1. The lowest BCUT2D eigenvalue weighted by atomic mass is 9.90. The molecule has 0 aliphatic rings. The number of pyridine rings is 1. The number of rotatable bonds is 5. The van der Waals surface area contributed by atoms with Crippen LogP contribution in [-0.4, -0.2) is 17.4 Å². The van der Waals surface area contributed by atoms with E-state index in [4.69, 9.17) is 5.73 Å². The molecule has 1 aromatic rings. The second-order valence-corrected chi connectivity index (χ2v) is 5.33. The summed E-state index contributed by atoms with van der Waals surface area (Å²) in [4.78, 5) is 16.2. The molecule has 0 saturated carbocycles. The molecule has 1 heterocycles. The zero-order valence-electron chi connectivity index (χ0n) is 11.7. The molecule has 0 aromatic carbocycles. The number of nitrogens with one attached hydrogen (secondary N) is 1. The number of hydrogen-bond acceptors (Lipinski definition) is 3. The molecule has 0 spiro atoms. The molecule has 1 amide bonds. The first-order valence-electron chi connectivity index (χ1n) is 6.42. The fraction of sp³-hybridized carbons (Fsp3) is 0.571. The second-order valence-electron chi connectivity index (χ2n) is 5.33. The van der Waals surface area contributed by atoms with E-state index in [2.05, 4.69) is 31.1 Å². The van der Waals surface area contributed by atoms with Gasteiger partial charge in [0.15, 0.2) is 0 Å². The van der Waals surface area contributed by atoms with Crippen molar-refractivity contribution in [2.75, 3.05) is 12.3 Å². The number of anilines is 1. The minimum Gasteiger partial charge on any atom is -0.384 e. The molecule has 3 N–H and O–H groups in total. The van der Waals surface area contributed by atoms with Crippen LogP contribution in [0.2, 0.25) is 0 Å². The smallest absolute Gasteiger partial charge is 0.251 e. The molecule has 1 aromatic heterocycles. The molecule has 18 heavy (non-hydrogen) atoms. The third-order valence-electron chi connectivity index (χ3n) is 3.21. The maximum atomic E-state index is 12.0. The Hall–Kier alpha value is -1.58. The lowest BCUT2D eigenvalue weighted by molar-refractivity contribution is 0.0935. The lowest BCUT2D eigenvalue weighted by Gasteiger charge is -2.22. The van der Waals surface area contributed by atoms with Crippen LogP contribution >= 0.6 is 0 Å². The summed E-state index contributed by atoms with van der Waals surface area (Å²) in [7, 11) is 0. The Morgan fingerprint density at radius 2 is 2.06 bits per heavy atom. The number of nitrogen functional groups attached to an aromatic ring is 1. The summed E-state index contributed by atoms with van der Waals surface area (Å²) in [5, 5.41) is 2.95. The van der Waals surface area contributed by atoms with Gasteiger partial charge in [-0.15, -0.1) is 0 Å². The van der Waals surface area contributed by atoms with Gasteiger partial charge in [-0.2, -0.15) is 0 Å². The number of aryl methyl sites for hydroxylation is 1. The zero-order valence-corrected chi connectivity index (χ0v) is 11.7. The van der Waals surface area contributed by atoms with Crippen molar-refractivity contribution in [1.82, 2.24) is 10.3 Å².